The van der Waals surface area contributed by atoms with Crippen LogP contribution in [0.25, 0.3) is 22.5 Å². The SMILES string of the molecule is O/N=C1\CCc2cc(-c3cc(CN4CCNCC4)oc3-c3ccncc3)ccc21. The molecular weight excluding hydrogens is 364 g/mol. The van der Waals surface area contributed by atoms with E-state index in [9.17, 15) is 5.21 Å². The molecule has 5 rings (SSSR count). The highest BCUT2D eigenvalue weighted by Crippen LogP contribution is 2.37. The van der Waals surface area contributed by atoms with E-state index in [1.54, 1.807) is 12.4 Å². The Hall–Kier alpha value is -2.96. The quantitative estimate of drug-likeness (QED) is 0.528. The molecule has 6 nitrogen and oxygen atoms in total. The average molecular weight is 388 g/mol. The molecule has 2 aromatic heterocycles. The van der Waals surface area contributed by atoms with Gasteiger partial charge in [-0.3, -0.25) is 9.88 Å². The summed E-state index contributed by atoms with van der Waals surface area (Å²) in [5, 5.41) is 16.0. The summed E-state index contributed by atoms with van der Waals surface area (Å²) in [6, 6.07) is 12.5. The highest BCUT2D eigenvalue weighted by molar-refractivity contribution is 6.04. The van der Waals surface area contributed by atoms with Gasteiger partial charge in [0.25, 0.3) is 0 Å². The van der Waals surface area contributed by atoms with Crippen LogP contribution in [0.1, 0.15) is 23.3 Å². The summed E-state index contributed by atoms with van der Waals surface area (Å²) in [7, 11) is 0. The summed E-state index contributed by atoms with van der Waals surface area (Å²) in [6.07, 6.45) is 5.28. The Bertz CT molecular complexity index is 1040. The first-order valence-corrected chi connectivity index (χ1v) is 10.1. The van der Waals surface area contributed by atoms with Crippen molar-refractivity contribution in [2.24, 2.45) is 5.16 Å². The maximum atomic E-state index is 9.21. The van der Waals surface area contributed by atoms with Crippen molar-refractivity contribution in [3.63, 3.8) is 0 Å². The molecule has 1 aromatic carbocycles. The molecule has 3 aromatic rings. The standard InChI is InChI=1S/C23H24N4O2/c28-26-22-4-2-17-13-18(1-3-20(17)22)21-14-19(15-27-11-9-25-10-12-27)29-23(21)16-5-7-24-8-6-16/h1,3,5-8,13-14,25,28H,2,4,9-12,15H2/b26-22+. The fourth-order valence-electron chi connectivity index (χ4n) is 4.28. The first kappa shape index (κ1) is 18.1. The lowest BCUT2D eigenvalue weighted by molar-refractivity contribution is 0.217. The number of pyridine rings is 1. The molecule has 148 valence electrons. The number of aromatic nitrogens is 1. The maximum absolute atomic E-state index is 9.21. The van der Waals surface area contributed by atoms with Crippen molar-refractivity contribution in [3.8, 4) is 22.5 Å². The van der Waals surface area contributed by atoms with E-state index in [4.69, 9.17) is 4.42 Å². The number of rotatable bonds is 4. The van der Waals surface area contributed by atoms with Crippen molar-refractivity contribution < 1.29 is 9.62 Å². The molecule has 2 N–H and O–H groups in total. The first-order chi connectivity index (χ1) is 14.3. The van der Waals surface area contributed by atoms with Gasteiger partial charge < -0.3 is 14.9 Å². The van der Waals surface area contributed by atoms with Crippen molar-refractivity contribution in [2.75, 3.05) is 26.2 Å². The van der Waals surface area contributed by atoms with E-state index < -0.39 is 0 Å². The van der Waals surface area contributed by atoms with Crippen LogP contribution in [0, 0.1) is 0 Å². The number of nitrogens with one attached hydrogen (secondary N) is 1. The second kappa shape index (κ2) is 7.81. The zero-order valence-corrected chi connectivity index (χ0v) is 16.3. The number of nitrogens with zero attached hydrogens (tertiary/aromatic N) is 3. The summed E-state index contributed by atoms with van der Waals surface area (Å²) in [6.45, 7) is 4.91. The molecule has 0 atom stereocenters. The van der Waals surface area contributed by atoms with Gasteiger partial charge in [-0.25, -0.2) is 0 Å². The van der Waals surface area contributed by atoms with Crippen LogP contribution in [0.2, 0.25) is 0 Å². The van der Waals surface area contributed by atoms with Gasteiger partial charge in [-0.15, -0.1) is 0 Å². The van der Waals surface area contributed by atoms with E-state index >= 15 is 0 Å². The van der Waals surface area contributed by atoms with Crippen LogP contribution >= 0.6 is 0 Å². The van der Waals surface area contributed by atoms with Gasteiger partial charge in [-0.2, -0.15) is 0 Å². The molecule has 0 bridgehead atoms. The minimum Gasteiger partial charge on any atom is -0.459 e. The van der Waals surface area contributed by atoms with Gasteiger partial charge in [0, 0.05) is 55.3 Å². The molecule has 0 spiro atoms. The summed E-state index contributed by atoms with van der Waals surface area (Å²) < 4.78 is 6.37. The number of fused-ring (bicyclic) bond motifs is 1. The number of aryl methyl sites for hydroxylation is 1. The van der Waals surface area contributed by atoms with Gasteiger partial charge in [0.05, 0.1) is 12.3 Å². The molecule has 0 radical (unpaired) electrons. The summed E-state index contributed by atoms with van der Waals surface area (Å²) in [5.41, 5.74) is 6.29. The molecule has 29 heavy (non-hydrogen) atoms. The third-order valence-electron chi connectivity index (χ3n) is 5.79. The van der Waals surface area contributed by atoms with Gasteiger partial charge in [-0.1, -0.05) is 23.4 Å². The van der Waals surface area contributed by atoms with Crippen LogP contribution in [0.5, 0.6) is 0 Å². The van der Waals surface area contributed by atoms with E-state index in [0.717, 1.165) is 85.1 Å². The fraction of sp³-hybridized carbons (Fsp3) is 0.304. The third-order valence-corrected chi connectivity index (χ3v) is 5.79. The van der Waals surface area contributed by atoms with Crippen LogP contribution in [-0.4, -0.2) is 47.0 Å². The molecule has 6 heteroatoms. The largest absolute Gasteiger partial charge is 0.459 e. The number of hydrogen-bond donors (Lipinski definition) is 2. The number of piperazine rings is 1. The van der Waals surface area contributed by atoms with Crippen molar-refractivity contribution >= 4 is 5.71 Å². The van der Waals surface area contributed by atoms with Crippen LogP contribution in [0.3, 0.4) is 0 Å². The van der Waals surface area contributed by atoms with Crippen molar-refractivity contribution in [3.05, 3.63) is 65.7 Å². The van der Waals surface area contributed by atoms with E-state index in [1.165, 1.54) is 5.56 Å². The molecular formula is C23H24N4O2. The Morgan fingerprint density at radius 2 is 1.83 bits per heavy atom. The number of benzene rings is 1. The second-order valence-corrected chi connectivity index (χ2v) is 7.64. The smallest absolute Gasteiger partial charge is 0.142 e. The Balaban J connectivity index is 1.54. The Labute approximate surface area is 169 Å². The minimum absolute atomic E-state index is 0.771. The Morgan fingerprint density at radius 1 is 1.00 bits per heavy atom. The zero-order chi connectivity index (χ0) is 19.6. The number of hydrogen-bond acceptors (Lipinski definition) is 6. The fourth-order valence-corrected chi connectivity index (χ4v) is 4.28. The topological polar surface area (TPSA) is 73.9 Å². The van der Waals surface area contributed by atoms with E-state index in [0.29, 0.717) is 0 Å². The Morgan fingerprint density at radius 3 is 2.62 bits per heavy atom. The number of furan rings is 1. The predicted octanol–water partition coefficient (Wildman–Crippen LogP) is 3.54. The van der Waals surface area contributed by atoms with Crippen LogP contribution in [0.4, 0.5) is 0 Å². The van der Waals surface area contributed by atoms with Crippen molar-refractivity contribution in [1.82, 2.24) is 15.2 Å². The average Bonchev–Trinajstić information content (AvgIpc) is 3.38. The number of oxime groups is 1. The summed E-state index contributed by atoms with van der Waals surface area (Å²) in [5.74, 6) is 1.86. The van der Waals surface area contributed by atoms with Crippen LogP contribution in [-0.2, 0) is 13.0 Å². The Kier molecular flexibility index (Phi) is 4.87. The van der Waals surface area contributed by atoms with Gasteiger partial charge in [-0.05, 0) is 42.2 Å². The molecule has 1 aliphatic carbocycles. The van der Waals surface area contributed by atoms with Gasteiger partial charge in [0.1, 0.15) is 11.5 Å². The predicted molar refractivity (Wildman–Crippen MR) is 112 cm³/mol. The highest BCUT2D eigenvalue weighted by atomic mass is 16.4. The van der Waals surface area contributed by atoms with E-state index in [2.05, 4.69) is 44.6 Å². The molecule has 0 amide bonds. The molecule has 2 aliphatic rings. The molecule has 0 saturated carbocycles. The molecule has 3 heterocycles. The summed E-state index contributed by atoms with van der Waals surface area (Å²) >= 11 is 0. The highest BCUT2D eigenvalue weighted by Gasteiger charge is 2.22. The van der Waals surface area contributed by atoms with Gasteiger partial charge >= 0.3 is 0 Å². The molecule has 0 unspecified atom stereocenters. The lowest BCUT2D eigenvalue weighted by Crippen LogP contribution is -2.42. The van der Waals surface area contributed by atoms with Crippen molar-refractivity contribution in [1.29, 1.82) is 0 Å². The third kappa shape index (κ3) is 3.57. The minimum atomic E-state index is 0.771. The molecule has 1 fully saturated rings. The van der Waals surface area contributed by atoms with Crippen LogP contribution in [0.15, 0.2) is 58.4 Å². The van der Waals surface area contributed by atoms with Gasteiger partial charge in [0.2, 0.25) is 0 Å². The zero-order valence-electron chi connectivity index (χ0n) is 16.3. The molecule has 1 saturated heterocycles. The maximum Gasteiger partial charge on any atom is 0.142 e. The first-order valence-electron chi connectivity index (χ1n) is 10.1. The van der Waals surface area contributed by atoms with E-state index in [1.807, 2.05) is 12.1 Å². The summed E-state index contributed by atoms with van der Waals surface area (Å²) in [4.78, 5) is 6.56. The lowest BCUT2D eigenvalue weighted by atomic mass is 9.98. The molecule has 1 aliphatic heterocycles. The van der Waals surface area contributed by atoms with Gasteiger partial charge in [0.15, 0.2) is 0 Å². The lowest BCUT2D eigenvalue weighted by Gasteiger charge is -2.26. The van der Waals surface area contributed by atoms with Crippen molar-refractivity contribution in [2.45, 2.75) is 19.4 Å². The normalized spacial score (nSPS) is 18.3. The second-order valence-electron chi connectivity index (χ2n) is 7.64. The monoisotopic (exact) mass is 388 g/mol. The van der Waals surface area contributed by atoms with Crippen LogP contribution < -0.4 is 5.32 Å². The van der Waals surface area contributed by atoms with E-state index in [-0.39, 0.29) is 0 Å².